The fraction of sp³-hybridized carbons (Fsp3) is 1.00. The highest BCUT2D eigenvalue weighted by atomic mass is 32.2. The van der Waals surface area contributed by atoms with Crippen molar-refractivity contribution in [3.63, 3.8) is 0 Å². The van der Waals surface area contributed by atoms with Crippen molar-refractivity contribution in [3.8, 4) is 0 Å². The first-order valence-electron chi connectivity index (χ1n) is 7.45. The third-order valence-corrected chi connectivity index (χ3v) is 5.53. The maximum atomic E-state index is 12.3. The van der Waals surface area contributed by atoms with Gasteiger partial charge in [-0.2, -0.15) is 17.4 Å². The molecular formula is C13H29N3O2S. The Balaban J connectivity index is 2.50. The van der Waals surface area contributed by atoms with E-state index in [4.69, 9.17) is 0 Å². The monoisotopic (exact) mass is 291 g/mol. The average molecular weight is 291 g/mol. The van der Waals surface area contributed by atoms with Crippen molar-refractivity contribution in [2.75, 3.05) is 26.7 Å². The summed E-state index contributed by atoms with van der Waals surface area (Å²) >= 11 is 0. The van der Waals surface area contributed by atoms with Crippen molar-refractivity contribution >= 4 is 10.2 Å². The summed E-state index contributed by atoms with van der Waals surface area (Å²) in [5.74, 6) is 0.606. The van der Waals surface area contributed by atoms with Gasteiger partial charge in [-0.3, -0.25) is 0 Å². The summed E-state index contributed by atoms with van der Waals surface area (Å²) in [6, 6.07) is 0.0741. The number of hydrogen-bond acceptors (Lipinski definition) is 3. The first-order chi connectivity index (χ1) is 9.03. The second kappa shape index (κ2) is 8.19. The van der Waals surface area contributed by atoms with Crippen LogP contribution in [-0.2, 0) is 10.2 Å². The lowest BCUT2D eigenvalue weighted by Gasteiger charge is -2.32. The molecule has 6 heteroatoms. The second-order valence-corrected chi connectivity index (χ2v) is 7.12. The first kappa shape index (κ1) is 16.9. The summed E-state index contributed by atoms with van der Waals surface area (Å²) in [5.41, 5.74) is 0. The third kappa shape index (κ3) is 5.38. The van der Waals surface area contributed by atoms with E-state index in [2.05, 4.69) is 17.0 Å². The van der Waals surface area contributed by atoms with Gasteiger partial charge in [0.2, 0.25) is 0 Å². The normalized spacial score (nSPS) is 20.6. The van der Waals surface area contributed by atoms with Crippen molar-refractivity contribution in [2.45, 2.75) is 52.0 Å². The van der Waals surface area contributed by atoms with Gasteiger partial charge in [0, 0.05) is 19.1 Å². The number of hydrogen-bond donors (Lipinski definition) is 2. The molecule has 5 nitrogen and oxygen atoms in total. The van der Waals surface area contributed by atoms with E-state index in [-0.39, 0.29) is 6.04 Å². The van der Waals surface area contributed by atoms with Gasteiger partial charge in [-0.25, -0.2) is 0 Å². The van der Waals surface area contributed by atoms with Crippen molar-refractivity contribution < 1.29 is 8.42 Å². The third-order valence-electron chi connectivity index (χ3n) is 3.85. The van der Waals surface area contributed by atoms with Crippen LogP contribution >= 0.6 is 0 Å². The SMILES string of the molecule is CCCC(CC)NS(=O)(=O)N1CCC(CNC)CC1. The molecule has 1 atom stereocenters. The molecule has 0 radical (unpaired) electrons. The van der Waals surface area contributed by atoms with Gasteiger partial charge in [0.1, 0.15) is 0 Å². The summed E-state index contributed by atoms with van der Waals surface area (Å²) in [4.78, 5) is 0. The van der Waals surface area contributed by atoms with Gasteiger partial charge >= 0.3 is 0 Å². The summed E-state index contributed by atoms with van der Waals surface area (Å²) in [5, 5.41) is 3.17. The molecule has 1 unspecified atom stereocenters. The first-order valence-corrected chi connectivity index (χ1v) is 8.89. The Morgan fingerprint density at radius 1 is 1.26 bits per heavy atom. The second-order valence-electron chi connectivity index (χ2n) is 5.42. The Morgan fingerprint density at radius 3 is 2.37 bits per heavy atom. The van der Waals surface area contributed by atoms with E-state index in [9.17, 15) is 8.42 Å². The topological polar surface area (TPSA) is 61.4 Å². The van der Waals surface area contributed by atoms with Gasteiger partial charge in [0.05, 0.1) is 0 Å². The number of nitrogens with zero attached hydrogens (tertiary/aromatic N) is 1. The Labute approximate surface area is 118 Å². The standard InChI is InChI=1S/C13H29N3O2S/c1-4-6-13(5-2)15-19(17,18)16-9-7-12(8-10-16)11-14-3/h12-15H,4-11H2,1-3H3. The lowest BCUT2D eigenvalue weighted by Crippen LogP contribution is -2.48. The highest BCUT2D eigenvalue weighted by Crippen LogP contribution is 2.19. The largest absolute Gasteiger partial charge is 0.319 e. The van der Waals surface area contributed by atoms with E-state index >= 15 is 0 Å². The van der Waals surface area contributed by atoms with Gasteiger partial charge in [-0.05, 0) is 45.2 Å². The highest BCUT2D eigenvalue weighted by Gasteiger charge is 2.28. The van der Waals surface area contributed by atoms with Crippen LogP contribution < -0.4 is 10.0 Å². The van der Waals surface area contributed by atoms with E-state index in [0.717, 1.165) is 38.6 Å². The maximum absolute atomic E-state index is 12.3. The molecule has 1 aliphatic rings. The summed E-state index contributed by atoms with van der Waals surface area (Å²) in [6.07, 6.45) is 4.67. The number of nitrogens with one attached hydrogen (secondary N) is 2. The van der Waals surface area contributed by atoms with Gasteiger partial charge < -0.3 is 5.32 Å². The molecule has 2 N–H and O–H groups in total. The predicted octanol–water partition coefficient (Wildman–Crippen LogP) is 1.33. The molecule has 0 saturated carbocycles. The van der Waals surface area contributed by atoms with Gasteiger partial charge in [-0.1, -0.05) is 20.3 Å². The van der Waals surface area contributed by atoms with Crippen molar-refractivity contribution in [3.05, 3.63) is 0 Å². The Bertz CT molecular complexity index is 338. The number of rotatable bonds is 8. The zero-order valence-corrected chi connectivity index (χ0v) is 13.3. The van der Waals surface area contributed by atoms with E-state index in [0.29, 0.717) is 19.0 Å². The van der Waals surface area contributed by atoms with Crippen LogP contribution in [0.15, 0.2) is 0 Å². The van der Waals surface area contributed by atoms with Crippen LogP contribution in [0.3, 0.4) is 0 Å². The van der Waals surface area contributed by atoms with E-state index in [1.165, 1.54) is 0 Å². The quantitative estimate of drug-likeness (QED) is 0.709. The van der Waals surface area contributed by atoms with Crippen LogP contribution in [0.2, 0.25) is 0 Å². The van der Waals surface area contributed by atoms with Crippen molar-refractivity contribution in [2.24, 2.45) is 5.92 Å². The molecule has 114 valence electrons. The van der Waals surface area contributed by atoms with Crippen LogP contribution in [0.4, 0.5) is 0 Å². The molecule has 1 heterocycles. The molecule has 0 bridgehead atoms. The van der Waals surface area contributed by atoms with Crippen LogP contribution in [0, 0.1) is 5.92 Å². The van der Waals surface area contributed by atoms with Crippen molar-refractivity contribution in [1.29, 1.82) is 0 Å². The average Bonchev–Trinajstić information content (AvgIpc) is 2.39. The minimum absolute atomic E-state index is 0.0741. The smallest absolute Gasteiger partial charge is 0.279 e. The van der Waals surface area contributed by atoms with Crippen molar-refractivity contribution in [1.82, 2.24) is 14.3 Å². The molecule has 19 heavy (non-hydrogen) atoms. The van der Waals surface area contributed by atoms with Crippen LogP contribution in [0.25, 0.3) is 0 Å². The van der Waals surface area contributed by atoms with Gasteiger partial charge in [0.15, 0.2) is 0 Å². The molecule has 0 amide bonds. The lowest BCUT2D eigenvalue weighted by atomic mass is 9.98. The minimum atomic E-state index is -3.29. The Hall–Kier alpha value is -0.170. The van der Waals surface area contributed by atoms with E-state index < -0.39 is 10.2 Å². The molecule has 0 aromatic heterocycles. The highest BCUT2D eigenvalue weighted by molar-refractivity contribution is 7.87. The fourth-order valence-electron chi connectivity index (χ4n) is 2.62. The molecule has 0 aliphatic carbocycles. The zero-order valence-electron chi connectivity index (χ0n) is 12.5. The lowest BCUT2D eigenvalue weighted by molar-refractivity contribution is 0.266. The Morgan fingerprint density at radius 2 is 1.89 bits per heavy atom. The molecule has 0 aromatic carbocycles. The Kier molecular flexibility index (Phi) is 7.28. The molecule has 1 rings (SSSR count). The van der Waals surface area contributed by atoms with Gasteiger partial charge in [-0.15, -0.1) is 0 Å². The molecule has 1 fully saturated rings. The molecule has 1 aliphatic heterocycles. The van der Waals surface area contributed by atoms with Crippen LogP contribution in [-0.4, -0.2) is 45.4 Å². The summed E-state index contributed by atoms with van der Waals surface area (Å²) < 4.78 is 29.0. The molecular weight excluding hydrogens is 262 g/mol. The van der Waals surface area contributed by atoms with E-state index in [1.807, 2.05) is 14.0 Å². The van der Waals surface area contributed by atoms with E-state index in [1.54, 1.807) is 4.31 Å². The van der Waals surface area contributed by atoms with Gasteiger partial charge in [0.25, 0.3) is 10.2 Å². The fourth-order valence-corrected chi connectivity index (χ4v) is 4.17. The summed E-state index contributed by atoms with van der Waals surface area (Å²) in [7, 11) is -1.35. The summed E-state index contributed by atoms with van der Waals surface area (Å²) in [6.45, 7) is 6.38. The zero-order chi connectivity index (χ0) is 14.3. The van der Waals surface area contributed by atoms with Crippen LogP contribution in [0.5, 0.6) is 0 Å². The molecule has 0 aromatic rings. The minimum Gasteiger partial charge on any atom is -0.319 e. The maximum Gasteiger partial charge on any atom is 0.279 e. The predicted molar refractivity (Wildman–Crippen MR) is 79.3 cm³/mol. The number of piperidine rings is 1. The molecule has 0 spiro atoms. The molecule has 1 saturated heterocycles. The van der Waals surface area contributed by atoms with Crippen LogP contribution in [0.1, 0.15) is 46.0 Å².